The zero-order chi connectivity index (χ0) is 22.8. The van der Waals surface area contributed by atoms with Crippen LogP contribution in [0.25, 0.3) is 11.1 Å². The first-order chi connectivity index (χ1) is 15.4. The van der Waals surface area contributed by atoms with E-state index in [0.29, 0.717) is 23.5 Å². The molecule has 0 spiro atoms. The van der Waals surface area contributed by atoms with Gasteiger partial charge in [0, 0.05) is 36.5 Å². The lowest BCUT2D eigenvalue weighted by atomic mass is 10.0. The van der Waals surface area contributed by atoms with Crippen molar-refractivity contribution >= 4 is 23.2 Å². The topological polar surface area (TPSA) is 58.6 Å². The van der Waals surface area contributed by atoms with Gasteiger partial charge in [-0.1, -0.05) is 6.07 Å². The molecule has 1 aliphatic rings. The molecule has 2 amide bonds. The second-order valence-corrected chi connectivity index (χ2v) is 7.61. The largest absolute Gasteiger partial charge is 0.497 e. The van der Waals surface area contributed by atoms with Gasteiger partial charge in [-0.3, -0.25) is 9.59 Å². The maximum absolute atomic E-state index is 14.7. The van der Waals surface area contributed by atoms with Gasteiger partial charge in [-0.15, -0.1) is 0 Å². The number of rotatable bonds is 4. The van der Waals surface area contributed by atoms with E-state index in [-0.39, 0.29) is 17.0 Å². The number of amides is 2. The number of halogens is 2. The predicted molar refractivity (Wildman–Crippen MR) is 119 cm³/mol. The predicted octanol–water partition coefficient (Wildman–Crippen LogP) is 5.19. The number of nitrogens with one attached hydrogen (secondary N) is 1. The number of benzene rings is 3. The highest BCUT2D eigenvalue weighted by molar-refractivity contribution is 6.05. The lowest BCUT2D eigenvalue weighted by molar-refractivity contribution is -0.116. The van der Waals surface area contributed by atoms with Gasteiger partial charge in [0.05, 0.1) is 12.7 Å². The molecule has 0 saturated heterocycles. The highest BCUT2D eigenvalue weighted by atomic mass is 19.1. The van der Waals surface area contributed by atoms with Gasteiger partial charge < -0.3 is 15.0 Å². The van der Waals surface area contributed by atoms with E-state index in [1.165, 1.54) is 38.3 Å². The van der Waals surface area contributed by atoms with E-state index >= 15 is 0 Å². The van der Waals surface area contributed by atoms with E-state index in [4.69, 9.17) is 4.74 Å². The summed E-state index contributed by atoms with van der Waals surface area (Å²) < 4.78 is 34.0. The zero-order valence-electron chi connectivity index (χ0n) is 17.7. The summed E-state index contributed by atoms with van der Waals surface area (Å²) in [7, 11) is 1.43. The maximum atomic E-state index is 14.7. The molecule has 0 unspecified atom stereocenters. The number of hydrogen-bond donors (Lipinski definition) is 1. The number of anilines is 2. The fourth-order valence-electron chi connectivity index (χ4n) is 3.92. The van der Waals surface area contributed by atoms with Crippen LogP contribution in [-0.2, 0) is 11.2 Å². The van der Waals surface area contributed by atoms with Crippen molar-refractivity contribution in [1.29, 1.82) is 0 Å². The average molecular weight is 436 g/mol. The minimum Gasteiger partial charge on any atom is -0.497 e. The van der Waals surface area contributed by atoms with Gasteiger partial charge in [0.25, 0.3) is 5.91 Å². The summed E-state index contributed by atoms with van der Waals surface area (Å²) in [6, 6.07) is 13.6. The standard InChI is InChI=1S/C25H22F2N2O3/c1-15(30)29-11-3-4-17-12-18(6-10-24(17)29)28-25(31)21-8-5-16(13-22(21)26)20-9-7-19(32-2)14-23(20)27/h5-10,12-14H,3-4,11H2,1-2H3,(H,28,31). The third-order valence-electron chi connectivity index (χ3n) is 5.54. The van der Waals surface area contributed by atoms with Gasteiger partial charge in [-0.2, -0.15) is 0 Å². The number of aryl methyl sites for hydroxylation is 1. The molecule has 0 atom stereocenters. The molecule has 0 fully saturated rings. The molecule has 7 heteroatoms. The Morgan fingerprint density at radius 2 is 1.81 bits per heavy atom. The lowest BCUT2D eigenvalue weighted by Crippen LogP contribution is -2.33. The average Bonchev–Trinajstić information content (AvgIpc) is 2.78. The molecule has 32 heavy (non-hydrogen) atoms. The Balaban J connectivity index is 1.55. The van der Waals surface area contributed by atoms with E-state index in [1.807, 2.05) is 0 Å². The van der Waals surface area contributed by atoms with Crippen LogP contribution in [0.5, 0.6) is 5.75 Å². The molecule has 0 aliphatic carbocycles. The first-order valence-corrected chi connectivity index (χ1v) is 10.2. The molecule has 3 aromatic carbocycles. The molecule has 3 aromatic rings. The summed E-state index contributed by atoms with van der Waals surface area (Å²) in [4.78, 5) is 26.2. The third kappa shape index (κ3) is 4.19. The van der Waals surface area contributed by atoms with Crippen molar-refractivity contribution in [2.24, 2.45) is 0 Å². The first kappa shape index (κ1) is 21.5. The molecule has 0 radical (unpaired) electrons. The van der Waals surface area contributed by atoms with Crippen LogP contribution in [0.3, 0.4) is 0 Å². The molecule has 5 nitrogen and oxygen atoms in total. The van der Waals surface area contributed by atoms with E-state index in [1.54, 1.807) is 29.2 Å². The number of carbonyl (C=O) groups excluding carboxylic acids is 2. The Labute approximate surface area is 184 Å². The van der Waals surface area contributed by atoms with Crippen molar-refractivity contribution in [3.05, 3.63) is 77.4 Å². The lowest BCUT2D eigenvalue weighted by Gasteiger charge is -2.29. The fraction of sp³-hybridized carbons (Fsp3) is 0.200. The second-order valence-electron chi connectivity index (χ2n) is 7.61. The van der Waals surface area contributed by atoms with Crippen molar-refractivity contribution in [3.8, 4) is 16.9 Å². The molecule has 0 bridgehead atoms. The van der Waals surface area contributed by atoms with Crippen molar-refractivity contribution in [1.82, 2.24) is 0 Å². The van der Waals surface area contributed by atoms with Crippen molar-refractivity contribution in [2.45, 2.75) is 19.8 Å². The zero-order valence-corrected chi connectivity index (χ0v) is 17.7. The summed E-state index contributed by atoms with van der Waals surface area (Å²) in [5.74, 6) is -1.58. The van der Waals surface area contributed by atoms with Crippen molar-refractivity contribution in [3.63, 3.8) is 0 Å². The molecule has 0 saturated carbocycles. The minimum atomic E-state index is -0.754. The van der Waals surface area contributed by atoms with E-state index in [0.717, 1.165) is 30.2 Å². The molecule has 1 heterocycles. The minimum absolute atomic E-state index is 0.0295. The van der Waals surface area contributed by atoms with Crippen LogP contribution < -0.4 is 15.0 Å². The molecule has 164 valence electrons. The number of methoxy groups -OCH3 is 1. The normalized spacial score (nSPS) is 12.8. The van der Waals surface area contributed by atoms with Gasteiger partial charge in [0.2, 0.25) is 5.91 Å². The summed E-state index contributed by atoms with van der Waals surface area (Å²) in [5, 5.41) is 2.71. The summed E-state index contributed by atoms with van der Waals surface area (Å²) >= 11 is 0. The van der Waals surface area contributed by atoms with Crippen molar-refractivity contribution in [2.75, 3.05) is 23.9 Å². The van der Waals surface area contributed by atoms with E-state index < -0.39 is 17.5 Å². The number of hydrogen-bond acceptors (Lipinski definition) is 3. The molecule has 1 N–H and O–H groups in total. The second kappa shape index (κ2) is 8.78. The van der Waals surface area contributed by atoms with Crippen LogP contribution in [0.2, 0.25) is 0 Å². The Hall–Kier alpha value is -3.74. The number of nitrogens with zero attached hydrogens (tertiary/aromatic N) is 1. The van der Waals surface area contributed by atoms with Gasteiger partial charge in [0.15, 0.2) is 0 Å². The first-order valence-electron chi connectivity index (χ1n) is 10.2. The van der Waals surface area contributed by atoms with Crippen LogP contribution in [0, 0.1) is 11.6 Å². The van der Waals surface area contributed by atoms with Crippen LogP contribution in [0.15, 0.2) is 54.6 Å². The Morgan fingerprint density at radius 1 is 1.00 bits per heavy atom. The highest BCUT2D eigenvalue weighted by Crippen LogP contribution is 2.31. The van der Waals surface area contributed by atoms with Gasteiger partial charge in [-0.25, -0.2) is 8.78 Å². The summed E-state index contributed by atoms with van der Waals surface area (Å²) in [6.07, 6.45) is 1.63. The van der Waals surface area contributed by atoms with Gasteiger partial charge in [-0.05, 0) is 66.4 Å². The fourth-order valence-corrected chi connectivity index (χ4v) is 3.92. The van der Waals surface area contributed by atoms with E-state index in [2.05, 4.69) is 5.32 Å². The molecular formula is C25H22F2N2O3. The summed E-state index contributed by atoms with van der Waals surface area (Å²) in [6.45, 7) is 2.19. The Morgan fingerprint density at radius 3 is 2.50 bits per heavy atom. The van der Waals surface area contributed by atoms with Crippen LogP contribution in [0.1, 0.15) is 29.3 Å². The monoisotopic (exact) mass is 436 g/mol. The highest BCUT2D eigenvalue weighted by Gasteiger charge is 2.21. The van der Waals surface area contributed by atoms with Crippen molar-refractivity contribution < 1.29 is 23.1 Å². The molecular weight excluding hydrogens is 414 g/mol. The maximum Gasteiger partial charge on any atom is 0.258 e. The van der Waals surface area contributed by atoms with Crippen LogP contribution in [0.4, 0.5) is 20.2 Å². The van der Waals surface area contributed by atoms with Crippen LogP contribution >= 0.6 is 0 Å². The number of carbonyl (C=O) groups is 2. The van der Waals surface area contributed by atoms with Gasteiger partial charge >= 0.3 is 0 Å². The van der Waals surface area contributed by atoms with Gasteiger partial charge in [0.1, 0.15) is 17.4 Å². The molecule has 4 rings (SSSR count). The quantitative estimate of drug-likeness (QED) is 0.612. The SMILES string of the molecule is COc1ccc(-c2ccc(C(=O)Nc3ccc4c(c3)CCCN4C(C)=O)c(F)c2)c(F)c1. The molecule has 0 aromatic heterocycles. The Kier molecular flexibility index (Phi) is 5.90. The number of ether oxygens (including phenoxy) is 1. The Bertz CT molecular complexity index is 1210. The smallest absolute Gasteiger partial charge is 0.258 e. The molecule has 1 aliphatic heterocycles. The third-order valence-corrected chi connectivity index (χ3v) is 5.54. The summed E-state index contributed by atoms with van der Waals surface area (Å²) in [5.41, 5.74) is 2.68. The van der Waals surface area contributed by atoms with Crippen LogP contribution in [-0.4, -0.2) is 25.5 Å². The van der Waals surface area contributed by atoms with E-state index in [9.17, 15) is 18.4 Å². The number of fused-ring (bicyclic) bond motifs is 1.